The van der Waals surface area contributed by atoms with Crippen molar-refractivity contribution in [1.82, 2.24) is 5.32 Å². The Kier molecular flexibility index (Phi) is 4.32. The summed E-state index contributed by atoms with van der Waals surface area (Å²) in [5, 5.41) is 5.53. The summed E-state index contributed by atoms with van der Waals surface area (Å²) in [6.07, 6.45) is 2.14. The van der Waals surface area contributed by atoms with E-state index in [1.54, 1.807) is 0 Å². The highest BCUT2D eigenvalue weighted by molar-refractivity contribution is 7.10. The third-order valence-electron chi connectivity index (χ3n) is 2.64. The van der Waals surface area contributed by atoms with Crippen LogP contribution in [0, 0.1) is 6.92 Å². The van der Waals surface area contributed by atoms with Crippen LogP contribution in [0.4, 0.5) is 0 Å². The molecule has 0 radical (unpaired) electrons. The molecule has 0 saturated heterocycles. The quantitative estimate of drug-likeness (QED) is 0.810. The van der Waals surface area contributed by atoms with Gasteiger partial charge in [0, 0.05) is 16.5 Å². The van der Waals surface area contributed by atoms with E-state index in [2.05, 4.69) is 37.5 Å². The van der Waals surface area contributed by atoms with Gasteiger partial charge in [-0.2, -0.15) is 0 Å². The van der Waals surface area contributed by atoms with Crippen LogP contribution in [0.2, 0.25) is 0 Å². The molecule has 1 heterocycles. The Balaban J connectivity index is 2.61. The largest absolute Gasteiger partial charge is 0.326 e. The molecule has 86 valence electrons. The van der Waals surface area contributed by atoms with Crippen LogP contribution in [0.15, 0.2) is 11.4 Å². The lowest BCUT2D eigenvalue weighted by atomic mass is 9.95. The Hall–Kier alpha value is -0.380. The maximum atomic E-state index is 6.01. The highest BCUT2D eigenvalue weighted by Gasteiger charge is 2.17. The molecule has 2 nitrogen and oxygen atoms in total. The number of nitrogens with two attached hydrogens (primary N) is 1. The molecular formula is C12H22N2S. The van der Waals surface area contributed by atoms with Crippen molar-refractivity contribution in [2.75, 3.05) is 7.05 Å². The zero-order chi connectivity index (χ0) is 11.5. The average Bonchev–Trinajstić information content (AvgIpc) is 2.52. The minimum atomic E-state index is -0.0692. The molecule has 0 bridgehead atoms. The Morgan fingerprint density at radius 1 is 1.53 bits per heavy atom. The van der Waals surface area contributed by atoms with Crippen molar-refractivity contribution in [2.24, 2.45) is 5.73 Å². The smallest absolute Gasteiger partial charge is 0.0415 e. The van der Waals surface area contributed by atoms with Crippen molar-refractivity contribution in [3.05, 3.63) is 21.9 Å². The molecule has 3 heteroatoms. The summed E-state index contributed by atoms with van der Waals surface area (Å²) in [6, 6.07) is 2.63. The first kappa shape index (κ1) is 12.7. The molecule has 3 N–H and O–H groups in total. The highest BCUT2D eigenvalue weighted by Crippen LogP contribution is 2.28. The van der Waals surface area contributed by atoms with E-state index in [0.29, 0.717) is 6.04 Å². The molecule has 1 rings (SSSR count). The van der Waals surface area contributed by atoms with Gasteiger partial charge in [0.25, 0.3) is 0 Å². The summed E-state index contributed by atoms with van der Waals surface area (Å²) in [6.45, 7) is 6.34. The van der Waals surface area contributed by atoms with Gasteiger partial charge in [-0.05, 0) is 57.7 Å². The molecule has 1 aromatic heterocycles. The minimum Gasteiger partial charge on any atom is -0.326 e. The van der Waals surface area contributed by atoms with Gasteiger partial charge >= 0.3 is 0 Å². The number of thiophene rings is 1. The topological polar surface area (TPSA) is 38.0 Å². The molecule has 1 aromatic rings. The third kappa shape index (κ3) is 3.93. The van der Waals surface area contributed by atoms with Crippen molar-refractivity contribution in [2.45, 2.75) is 45.2 Å². The second-order valence-corrected chi connectivity index (χ2v) is 5.78. The van der Waals surface area contributed by atoms with Crippen LogP contribution < -0.4 is 11.1 Å². The average molecular weight is 226 g/mol. The molecule has 0 spiro atoms. The van der Waals surface area contributed by atoms with E-state index in [9.17, 15) is 0 Å². The molecular weight excluding hydrogens is 204 g/mol. The number of aryl methyl sites for hydroxylation is 1. The second kappa shape index (κ2) is 5.10. The summed E-state index contributed by atoms with van der Waals surface area (Å²) in [4.78, 5) is 1.45. The number of hydrogen-bond acceptors (Lipinski definition) is 3. The molecule has 0 saturated carbocycles. The predicted molar refractivity (Wildman–Crippen MR) is 68.4 cm³/mol. The van der Waals surface area contributed by atoms with E-state index in [0.717, 1.165) is 12.8 Å². The van der Waals surface area contributed by atoms with Gasteiger partial charge in [0.15, 0.2) is 0 Å². The van der Waals surface area contributed by atoms with Gasteiger partial charge in [-0.3, -0.25) is 0 Å². The van der Waals surface area contributed by atoms with Crippen molar-refractivity contribution in [3.8, 4) is 0 Å². The van der Waals surface area contributed by atoms with Gasteiger partial charge < -0.3 is 11.1 Å². The molecule has 0 aliphatic heterocycles. The zero-order valence-electron chi connectivity index (χ0n) is 10.1. The zero-order valence-corrected chi connectivity index (χ0v) is 10.9. The van der Waals surface area contributed by atoms with E-state index in [1.165, 1.54) is 10.4 Å². The summed E-state index contributed by atoms with van der Waals surface area (Å²) >= 11 is 1.83. The first-order chi connectivity index (χ1) is 6.94. The number of nitrogens with one attached hydrogen (secondary N) is 1. The standard InChI is InChI=1S/C12H22N2S/c1-9-6-8-15-11(9)10(14-4)5-7-12(2,3)13/h6,8,10,14H,5,7,13H2,1-4H3. The molecule has 0 fully saturated rings. The van der Waals surface area contributed by atoms with Gasteiger partial charge in [0.05, 0.1) is 0 Å². The molecule has 0 aliphatic rings. The predicted octanol–water partition coefficient (Wildman–Crippen LogP) is 2.83. The summed E-state index contributed by atoms with van der Waals surface area (Å²) in [5.74, 6) is 0. The van der Waals surface area contributed by atoms with Crippen molar-refractivity contribution in [1.29, 1.82) is 0 Å². The van der Waals surface area contributed by atoms with Gasteiger partial charge in [-0.1, -0.05) is 0 Å². The van der Waals surface area contributed by atoms with Crippen molar-refractivity contribution in [3.63, 3.8) is 0 Å². The molecule has 0 aromatic carbocycles. The lowest BCUT2D eigenvalue weighted by molar-refractivity contribution is 0.413. The van der Waals surface area contributed by atoms with Gasteiger partial charge in [0.2, 0.25) is 0 Å². The normalized spacial score (nSPS) is 14.2. The van der Waals surface area contributed by atoms with Gasteiger partial charge in [-0.15, -0.1) is 11.3 Å². The summed E-state index contributed by atoms with van der Waals surface area (Å²) in [7, 11) is 2.02. The van der Waals surface area contributed by atoms with Gasteiger partial charge in [-0.25, -0.2) is 0 Å². The lowest BCUT2D eigenvalue weighted by Crippen LogP contribution is -2.33. The highest BCUT2D eigenvalue weighted by atomic mass is 32.1. The maximum absolute atomic E-state index is 6.01. The fourth-order valence-corrected chi connectivity index (χ4v) is 2.74. The first-order valence-corrected chi connectivity index (χ1v) is 6.32. The summed E-state index contributed by atoms with van der Waals surface area (Å²) < 4.78 is 0. The number of rotatable bonds is 5. The minimum absolute atomic E-state index is 0.0692. The van der Waals surface area contributed by atoms with Crippen LogP contribution >= 0.6 is 11.3 Å². The van der Waals surface area contributed by atoms with E-state index in [4.69, 9.17) is 5.73 Å². The molecule has 15 heavy (non-hydrogen) atoms. The molecule has 0 aliphatic carbocycles. The Labute approximate surface area is 96.9 Å². The van der Waals surface area contributed by atoms with Gasteiger partial charge in [0.1, 0.15) is 0 Å². The van der Waals surface area contributed by atoms with Crippen LogP contribution in [0.3, 0.4) is 0 Å². The van der Waals surface area contributed by atoms with E-state index in [1.807, 2.05) is 18.4 Å². The molecule has 0 amide bonds. The van der Waals surface area contributed by atoms with Crippen LogP contribution in [0.5, 0.6) is 0 Å². The molecule has 1 atom stereocenters. The lowest BCUT2D eigenvalue weighted by Gasteiger charge is -2.22. The Morgan fingerprint density at radius 3 is 2.60 bits per heavy atom. The van der Waals surface area contributed by atoms with Crippen molar-refractivity contribution < 1.29 is 0 Å². The maximum Gasteiger partial charge on any atom is 0.0415 e. The van der Waals surface area contributed by atoms with Crippen LogP contribution in [0.1, 0.15) is 43.2 Å². The fourth-order valence-electron chi connectivity index (χ4n) is 1.66. The van der Waals surface area contributed by atoms with E-state index in [-0.39, 0.29) is 5.54 Å². The van der Waals surface area contributed by atoms with E-state index < -0.39 is 0 Å². The van der Waals surface area contributed by atoms with Crippen LogP contribution in [-0.4, -0.2) is 12.6 Å². The second-order valence-electron chi connectivity index (χ2n) is 4.84. The van der Waals surface area contributed by atoms with E-state index >= 15 is 0 Å². The van der Waals surface area contributed by atoms with Crippen LogP contribution in [-0.2, 0) is 0 Å². The number of hydrogen-bond donors (Lipinski definition) is 2. The Morgan fingerprint density at radius 2 is 2.20 bits per heavy atom. The van der Waals surface area contributed by atoms with Crippen molar-refractivity contribution >= 4 is 11.3 Å². The SMILES string of the molecule is CNC(CCC(C)(C)N)c1sccc1C. The Bertz CT molecular complexity index is 299. The first-order valence-electron chi connectivity index (χ1n) is 5.44. The summed E-state index contributed by atoms with van der Waals surface area (Å²) in [5.41, 5.74) is 7.32. The van der Waals surface area contributed by atoms with Crippen LogP contribution in [0.25, 0.3) is 0 Å². The fraction of sp³-hybridized carbons (Fsp3) is 0.667. The monoisotopic (exact) mass is 226 g/mol. The molecule has 1 unspecified atom stereocenters. The third-order valence-corrected chi connectivity index (χ3v) is 3.78.